The number of fused-ring (bicyclic) bond motifs is 2. The van der Waals surface area contributed by atoms with Gasteiger partial charge in [-0.25, -0.2) is 0 Å². The molecule has 0 aromatic heterocycles. The summed E-state index contributed by atoms with van der Waals surface area (Å²) in [5.74, 6) is 0. The van der Waals surface area contributed by atoms with E-state index in [0.717, 1.165) is 18.1 Å². The van der Waals surface area contributed by atoms with E-state index in [4.69, 9.17) is 5.73 Å². The molecule has 80 valence electrons. The van der Waals surface area contributed by atoms with Crippen LogP contribution < -0.4 is 5.73 Å². The molecule has 2 N–H and O–H groups in total. The van der Waals surface area contributed by atoms with Gasteiger partial charge in [0.05, 0.1) is 0 Å². The van der Waals surface area contributed by atoms with Gasteiger partial charge in [0.2, 0.25) is 0 Å². The summed E-state index contributed by atoms with van der Waals surface area (Å²) in [5, 5.41) is 0. The van der Waals surface area contributed by atoms with E-state index < -0.39 is 0 Å². The lowest BCUT2D eigenvalue weighted by Crippen LogP contribution is -2.49. The number of rotatable bonds is 1. The fourth-order valence-corrected chi connectivity index (χ4v) is 3.71. The van der Waals surface area contributed by atoms with Gasteiger partial charge in [-0.05, 0) is 37.5 Å². The molecule has 2 nitrogen and oxygen atoms in total. The van der Waals surface area contributed by atoms with E-state index in [-0.39, 0.29) is 0 Å². The van der Waals surface area contributed by atoms with Crippen molar-refractivity contribution in [1.29, 1.82) is 0 Å². The molecular weight excluding hydrogens is 172 g/mol. The van der Waals surface area contributed by atoms with E-state index >= 15 is 0 Å². The Labute approximate surface area is 86.8 Å². The SMILES string of the molecule is CC1(C)CC1N1C2CCC1CC(N)C2. The molecule has 0 amide bonds. The second-order valence-corrected chi connectivity index (χ2v) is 6.27. The minimum absolute atomic E-state index is 0.491. The van der Waals surface area contributed by atoms with Crippen LogP contribution in [0.2, 0.25) is 0 Å². The monoisotopic (exact) mass is 194 g/mol. The molecule has 0 aromatic rings. The second-order valence-electron chi connectivity index (χ2n) is 6.27. The van der Waals surface area contributed by atoms with Crippen molar-refractivity contribution < 1.29 is 0 Å². The third-order valence-corrected chi connectivity index (χ3v) is 4.65. The Morgan fingerprint density at radius 1 is 1.14 bits per heavy atom. The average Bonchev–Trinajstić information content (AvgIpc) is 2.61. The van der Waals surface area contributed by atoms with E-state index in [1.54, 1.807) is 0 Å². The fourth-order valence-electron chi connectivity index (χ4n) is 3.71. The molecular formula is C12H22N2. The molecule has 1 aliphatic carbocycles. The van der Waals surface area contributed by atoms with Crippen molar-refractivity contribution in [3.05, 3.63) is 0 Å². The Morgan fingerprint density at radius 3 is 2.07 bits per heavy atom. The van der Waals surface area contributed by atoms with Crippen LogP contribution in [0.1, 0.15) is 46.0 Å². The van der Waals surface area contributed by atoms with Gasteiger partial charge in [-0.1, -0.05) is 13.8 Å². The average molecular weight is 194 g/mol. The maximum absolute atomic E-state index is 6.08. The summed E-state index contributed by atoms with van der Waals surface area (Å²) in [4.78, 5) is 2.82. The Bertz CT molecular complexity index is 235. The van der Waals surface area contributed by atoms with E-state index in [9.17, 15) is 0 Å². The second kappa shape index (κ2) is 2.73. The molecule has 2 aliphatic heterocycles. The predicted molar refractivity (Wildman–Crippen MR) is 58.0 cm³/mol. The highest BCUT2D eigenvalue weighted by Gasteiger charge is 2.55. The summed E-state index contributed by atoms with van der Waals surface area (Å²) < 4.78 is 0. The van der Waals surface area contributed by atoms with Crippen molar-refractivity contribution >= 4 is 0 Å². The van der Waals surface area contributed by atoms with Crippen LogP contribution in [0.5, 0.6) is 0 Å². The van der Waals surface area contributed by atoms with E-state index in [1.165, 1.54) is 32.1 Å². The first-order chi connectivity index (χ1) is 6.58. The van der Waals surface area contributed by atoms with Crippen molar-refractivity contribution in [1.82, 2.24) is 4.90 Å². The van der Waals surface area contributed by atoms with Crippen LogP contribution in [0.4, 0.5) is 0 Å². The number of nitrogens with zero attached hydrogens (tertiary/aromatic N) is 1. The molecule has 2 heteroatoms. The zero-order chi connectivity index (χ0) is 9.92. The molecule has 1 saturated carbocycles. The molecule has 3 aliphatic rings. The van der Waals surface area contributed by atoms with E-state index in [2.05, 4.69) is 18.7 Å². The van der Waals surface area contributed by atoms with Gasteiger partial charge in [0.1, 0.15) is 0 Å². The maximum Gasteiger partial charge on any atom is 0.0158 e. The van der Waals surface area contributed by atoms with Gasteiger partial charge >= 0.3 is 0 Å². The van der Waals surface area contributed by atoms with Crippen molar-refractivity contribution in [3.63, 3.8) is 0 Å². The van der Waals surface area contributed by atoms with Crippen LogP contribution in [0.25, 0.3) is 0 Å². The lowest BCUT2D eigenvalue weighted by molar-refractivity contribution is 0.105. The third kappa shape index (κ3) is 1.24. The molecule has 0 spiro atoms. The van der Waals surface area contributed by atoms with Crippen LogP contribution in [-0.2, 0) is 0 Å². The molecule has 3 unspecified atom stereocenters. The summed E-state index contributed by atoms with van der Waals surface area (Å²) >= 11 is 0. The largest absolute Gasteiger partial charge is 0.328 e. The highest BCUT2D eigenvalue weighted by atomic mass is 15.3. The topological polar surface area (TPSA) is 29.3 Å². The van der Waals surface area contributed by atoms with Gasteiger partial charge in [-0.2, -0.15) is 0 Å². The van der Waals surface area contributed by atoms with Crippen LogP contribution in [0, 0.1) is 5.41 Å². The van der Waals surface area contributed by atoms with Gasteiger partial charge in [-0.15, -0.1) is 0 Å². The minimum atomic E-state index is 0.491. The Hall–Kier alpha value is -0.0800. The zero-order valence-electron chi connectivity index (χ0n) is 9.37. The lowest BCUT2D eigenvalue weighted by atomic mass is 9.97. The normalized spacial score (nSPS) is 50.8. The van der Waals surface area contributed by atoms with Crippen LogP contribution in [0.3, 0.4) is 0 Å². The molecule has 0 aromatic carbocycles. The van der Waals surface area contributed by atoms with Crippen LogP contribution in [-0.4, -0.2) is 29.1 Å². The Kier molecular flexibility index (Phi) is 1.79. The standard InChI is InChI=1S/C12H22N2/c1-12(2)7-11(12)14-9-3-4-10(14)6-8(13)5-9/h8-11H,3-7,13H2,1-2H3. The van der Waals surface area contributed by atoms with Gasteiger partial charge in [0.25, 0.3) is 0 Å². The quantitative estimate of drug-likeness (QED) is 0.689. The van der Waals surface area contributed by atoms with Crippen LogP contribution >= 0.6 is 0 Å². The third-order valence-electron chi connectivity index (χ3n) is 4.65. The number of nitrogens with two attached hydrogens (primary N) is 1. The summed E-state index contributed by atoms with van der Waals surface area (Å²) in [6, 6.07) is 3.03. The highest BCUT2D eigenvalue weighted by molar-refractivity contribution is 5.10. The molecule has 0 radical (unpaired) electrons. The number of piperidine rings is 1. The molecule has 3 fully saturated rings. The lowest BCUT2D eigenvalue weighted by Gasteiger charge is -2.38. The number of hydrogen-bond donors (Lipinski definition) is 1. The fraction of sp³-hybridized carbons (Fsp3) is 1.00. The first kappa shape index (κ1) is 9.17. The molecule has 3 atom stereocenters. The highest BCUT2D eigenvalue weighted by Crippen LogP contribution is 2.53. The molecule has 2 heterocycles. The first-order valence-electron chi connectivity index (χ1n) is 6.11. The molecule has 14 heavy (non-hydrogen) atoms. The maximum atomic E-state index is 6.08. The summed E-state index contributed by atoms with van der Waals surface area (Å²) in [6.07, 6.45) is 6.73. The van der Waals surface area contributed by atoms with Crippen molar-refractivity contribution in [2.75, 3.05) is 0 Å². The molecule has 2 bridgehead atoms. The van der Waals surface area contributed by atoms with E-state index in [1.807, 2.05) is 0 Å². The van der Waals surface area contributed by atoms with Crippen LogP contribution in [0.15, 0.2) is 0 Å². The smallest absolute Gasteiger partial charge is 0.0158 e. The van der Waals surface area contributed by atoms with Gasteiger partial charge in [0, 0.05) is 24.2 Å². The van der Waals surface area contributed by atoms with Gasteiger partial charge in [-0.3, -0.25) is 4.90 Å². The zero-order valence-corrected chi connectivity index (χ0v) is 9.37. The van der Waals surface area contributed by atoms with E-state index in [0.29, 0.717) is 11.5 Å². The van der Waals surface area contributed by atoms with Crippen molar-refractivity contribution in [2.45, 2.75) is 70.1 Å². The Morgan fingerprint density at radius 2 is 1.64 bits per heavy atom. The Balaban J connectivity index is 1.76. The van der Waals surface area contributed by atoms with Crippen molar-refractivity contribution in [3.8, 4) is 0 Å². The molecule has 3 rings (SSSR count). The van der Waals surface area contributed by atoms with Crippen molar-refractivity contribution in [2.24, 2.45) is 11.1 Å². The minimum Gasteiger partial charge on any atom is -0.328 e. The van der Waals surface area contributed by atoms with Gasteiger partial charge < -0.3 is 5.73 Å². The first-order valence-corrected chi connectivity index (χ1v) is 6.11. The number of hydrogen-bond acceptors (Lipinski definition) is 2. The predicted octanol–water partition coefficient (Wildman–Crippen LogP) is 1.74. The summed E-state index contributed by atoms with van der Waals surface area (Å²) in [5.41, 5.74) is 6.68. The molecule has 2 saturated heterocycles. The summed E-state index contributed by atoms with van der Waals surface area (Å²) in [7, 11) is 0. The summed E-state index contributed by atoms with van der Waals surface area (Å²) in [6.45, 7) is 4.82. The van der Waals surface area contributed by atoms with Gasteiger partial charge in [0.15, 0.2) is 0 Å².